The van der Waals surface area contributed by atoms with Gasteiger partial charge >= 0.3 is 0 Å². The second-order valence-electron chi connectivity index (χ2n) is 7.50. The van der Waals surface area contributed by atoms with Crippen molar-refractivity contribution < 1.29 is 4.42 Å². The molecule has 0 aliphatic carbocycles. The second kappa shape index (κ2) is 7.75. The molecule has 0 saturated carbocycles. The predicted octanol–water partition coefficient (Wildman–Crippen LogP) is 3.43. The maximum Gasteiger partial charge on any atom is 0.198 e. The highest BCUT2D eigenvalue weighted by atomic mass is 16.3. The van der Waals surface area contributed by atoms with Crippen molar-refractivity contribution in [2.45, 2.75) is 6.42 Å². The van der Waals surface area contributed by atoms with Crippen molar-refractivity contribution >= 4 is 22.6 Å². The third-order valence-corrected chi connectivity index (χ3v) is 5.47. The fraction of sp³-hybridized carbons (Fsp3) is 0.0417. The van der Waals surface area contributed by atoms with Crippen molar-refractivity contribution in [3.63, 3.8) is 0 Å². The van der Waals surface area contributed by atoms with Gasteiger partial charge in [0.1, 0.15) is 23.2 Å². The molecule has 0 aliphatic heterocycles. The topological polar surface area (TPSA) is 145 Å². The Kier molecular flexibility index (Phi) is 4.45. The van der Waals surface area contributed by atoms with Gasteiger partial charge in [-0.05, 0) is 23.8 Å². The van der Waals surface area contributed by atoms with Gasteiger partial charge < -0.3 is 10.2 Å². The SMILES string of the molecule is N#Cc1ccccc1-c1nc(N)c2nc(Cc3cccc4ocnc34)nn2c1-c1ccncn1. The Bertz CT molecular complexity index is 1710. The lowest BCUT2D eigenvalue weighted by Gasteiger charge is -2.12. The van der Waals surface area contributed by atoms with E-state index in [1.165, 1.54) is 12.7 Å². The summed E-state index contributed by atoms with van der Waals surface area (Å²) in [6.45, 7) is 0. The maximum atomic E-state index is 9.68. The fourth-order valence-corrected chi connectivity index (χ4v) is 3.97. The zero-order valence-electron chi connectivity index (χ0n) is 17.6. The van der Waals surface area contributed by atoms with Crippen LogP contribution in [0.3, 0.4) is 0 Å². The number of aromatic nitrogens is 7. The van der Waals surface area contributed by atoms with Crippen LogP contribution in [0.5, 0.6) is 0 Å². The van der Waals surface area contributed by atoms with E-state index < -0.39 is 0 Å². The first-order valence-corrected chi connectivity index (χ1v) is 10.3. The number of hydrogen-bond acceptors (Lipinski definition) is 9. The van der Waals surface area contributed by atoms with E-state index in [0.717, 1.165) is 11.1 Å². The molecular weight excluding hydrogens is 430 g/mol. The molecule has 4 aromatic heterocycles. The fourth-order valence-electron chi connectivity index (χ4n) is 3.97. The summed E-state index contributed by atoms with van der Waals surface area (Å²) in [6, 6.07) is 16.9. The van der Waals surface area contributed by atoms with Gasteiger partial charge in [-0.25, -0.2) is 29.4 Å². The molecule has 4 heterocycles. The molecular formula is C24H15N9O. The molecule has 34 heavy (non-hydrogen) atoms. The Hall–Kier alpha value is -5.17. The number of rotatable bonds is 4. The highest BCUT2D eigenvalue weighted by Crippen LogP contribution is 2.33. The number of nitrogen functional groups attached to an aromatic ring is 1. The van der Waals surface area contributed by atoms with Crippen LogP contribution in [-0.4, -0.2) is 34.5 Å². The van der Waals surface area contributed by atoms with Crippen molar-refractivity contribution in [1.82, 2.24) is 34.5 Å². The Morgan fingerprint density at radius 1 is 1.03 bits per heavy atom. The molecule has 0 radical (unpaired) electrons. The number of hydrogen-bond donors (Lipinski definition) is 1. The largest absolute Gasteiger partial charge is 0.443 e. The molecule has 0 fully saturated rings. The van der Waals surface area contributed by atoms with Gasteiger partial charge in [0.25, 0.3) is 0 Å². The molecule has 0 spiro atoms. The number of benzene rings is 2. The first kappa shape index (κ1) is 19.5. The van der Waals surface area contributed by atoms with E-state index in [4.69, 9.17) is 15.2 Å². The Labute approximate surface area is 192 Å². The lowest BCUT2D eigenvalue weighted by Crippen LogP contribution is -2.06. The first-order valence-electron chi connectivity index (χ1n) is 10.3. The van der Waals surface area contributed by atoms with Gasteiger partial charge in [0.05, 0.1) is 17.3 Å². The van der Waals surface area contributed by atoms with Gasteiger partial charge in [0, 0.05) is 18.2 Å². The molecule has 2 aromatic carbocycles. The van der Waals surface area contributed by atoms with E-state index >= 15 is 0 Å². The molecule has 0 amide bonds. The van der Waals surface area contributed by atoms with Gasteiger partial charge in [-0.3, -0.25) is 0 Å². The minimum absolute atomic E-state index is 0.193. The molecule has 0 saturated heterocycles. The molecule has 162 valence electrons. The lowest BCUT2D eigenvalue weighted by atomic mass is 10.0. The quantitative estimate of drug-likeness (QED) is 0.431. The van der Waals surface area contributed by atoms with E-state index in [2.05, 4.69) is 31.0 Å². The Morgan fingerprint density at radius 2 is 1.94 bits per heavy atom. The maximum absolute atomic E-state index is 9.68. The normalized spacial score (nSPS) is 11.1. The zero-order valence-corrected chi connectivity index (χ0v) is 17.6. The van der Waals surface area contributed by atoms with Crippen LogP contribution >= 0.6 is 0 Å². The molecule has 6 rings (SSSR count). The number of nitrogens with two attached hydrogens (primary N) is 1. The number of oxazole rings is 1. The summed E-state index contributed by atoms with van der Waals surface area (Å²) in [4.78, 5) is 22.0. The number of nitrogens with zero attached hydrogens (tertiary/aromatic N) is 8. The molecule has 0 unspecified atom stereocenters. The second-order valence-corrected chi connectivity index (χ2v) is 7.50. The van der Waals surface area contributed by atoms with Crippen molar-refractivity contribution in [2.75, 3.05) is 5.73 Å². The summed E-state index contributed by atoms with van der Waals surface area (Å²) < 4.78 is 7.04. The van der Waals surface area contributed by atoms with Gasteiger partial charge in [-0.15, -0.1) is 0 Å². The summed E-state index contributed by atoms with van der Waals surface area (Å²) in [5.41, 5.74) is 11.8. The number of fused-ring (bicyclic) bond motifs is 2. The monoisotopic (exact) mass is 445 g/mol. The van der Waals surface area contributed by atoms with Crippen LogP contribution in [0, 0.1) is 11.3 Å². The Balaban J connectivity index is 1.60. The van der Waals surface area contributed by atoms with Crippen molar-refractivity contribution in [3.8, 4) is 28.7 Å². The van der Waals surface area contributed by atoms with Crippen LogP contribution in [0.2, 0.25) is 0 Å². The standard InChI is InChI=1S/C24H15N9O/c25-11-15-4-1-2-6-16(15)21-22(17-8-9-27-12-28-17)33-24(23(26)31-21)30-19(32-33)10-14-5-3-7-18-20(14)29-13-34-18/h1-9,12-13H,10H2,(H2,26,31). The van der Waals surface area contributed by atoms with Crippen LogP contribution in [-0.2, 0) is 6.42 Å². The van der Waals surface area contributed by atoms with Crippen LogP contribution in [0.25, 0.3) is 39.4 Å². The summed E-state index contributed by atoms with van der Waals surface area (Å²) in [6.07, 6.45) is 4.91. The number of para-hydroxylation sites is 1. The summed E-state index contributed by atoms with van der Waals surface area (Å²) in [5, 5.41) is 14.4. The predicted molar refractivity (Wildman–Crippen MR) is 123 cm³/mol. The third kappa shape index (κ3) is 3.11. The smallest absolute Gasteiger partial charge is 0.198 e. The Morgan fingerprint density at radius 3 is 2.79 bits per heavy atom. The van der Waals surface area contributed by atoms with Gasteiger partial charge in [-0.1, -0.05) is 30.3 Å². The average molecular weight is 445 g/mol. The number of nitriles is 1. The van der Waals surface area contributed by atoms with Crippen molar-refractivity contribution in [1.29, 1.82) is 5.26 Å². The molecule has 2 N–H and O–H groups in total. The van der Waals surface area contributed by atoms with E-state index in [9.17, 15) is 5.26 Å². The third-order valence-electron chi connectivity index (χ3n) is 5.47. The minimum Gasteiger partial charge on any atom is -0.443 e. The van der Waals surface area contributed by atoms with Crippen LogP contribution in [0.15, 0.2) is 71.9 Å². The molecule has 0 bridgehead atoms. The zero-order chi connectivity index (χ0) is 23.1. The molecule has 10 nitrogen and oxygen atoms in total. The van der Waals surface area contributed by atoms with Gasteiger partial charge in [0.2, 0.25) is 0 Å². The molecule has 6 aromatic rings. The van der Waals surface area contributed by atoms with Crippen molar-refractivity contribution in [3.05, 3.63) is 84.4 Å². The summed E-state index contributed by atoms with van der Waals surface area (Å²) >= 11 is 0. The van der Waals surface area contributed by atoms with Crippen molar-refractivity contribution in [2.24, 2.45) is 0 Å². The average Bonchev–Trinajstić information content (AvgIpc) is 3.52. The van der Waals surface area contributed by atoms with Gasteiger partial charge in [-0.2, -0.15) is 10.4 Å². The van der Waals surface area contributed by atoms with Crippen LogP contribution < -0.4 is 5.73 Å². The van der Waals surface area contributed by atoms with E-state index in [-0.39, 0.29) is 5.82 Å². The van der Waals surface area contributed by atoms with E-state index in [0.29, 0.717) is 51.7 Å². The molecule has 10 heteroatoms. The van der Waals surface area contributed by atoms with E-state index in [1.807, 2.05) is 30.3 Å². The molecule has 0 aliphatic rings. The minimum atomic E-state index is 0.193. The van der Waals surface area contributed by atoms with Gasteiger partial charge in [0.15, 0.2) is 29.3 Å². The van der Waals surface area contributed by atoms with E-state index in [1.54, 1.807) is 28.9 Å². The highest BCUT2D eigenvalue weighted by molar-refractivity contribution is 5.83. The first-order chi connectivity index (χ1) is 16.7. The summed E-state index contributed by atoms with van der Waals surface area (Å²) in [5.74, 6) is 0.726. The lowest BCUT2D eigenvalue weighted by molar-refractivity contribution is 0.602. The van der Waals surface area contributed by atoms with Crippen LogP contribution in [0.4, 0.5) is 5.82 Å². The van der Waals surface area contributed by atoms with Crippen LogP contribution in [0.1, 0.15) is 17.0 Å². The highest BCUT2D eigenvalue weighted by Gasteiger charge is 2.22. The summed E-state index contributed by atoms with van der Waals surface area (Å²) in [7, 11) is 0. The number of anilines is 1. The molecule has 0 atom stereocenters.